The quantitative estimate of drug-likeness (QED) is 0.110. The third-order valence-electron chi connectivity index (χ3n) is 7.44. The molecule has 4 unspecified atom stereocenters. The highest BCUT2D eigenvalue weighted by Gasteiger charge is 2.24. The Morgan fingerprint density at radius 2 is 1.00 bits per heavy atom. The van der Waals surface area contributed by atoms with Crippen molar-refractivity contribution in [1.82, 2.24) is 0 Å². The molecule has 2 fully saturated rings. The van der Waals surface area contributed by atoms with E-state index in [1.165, 1.54) is 61.3 Å². The van der Waals surface area contributed by atoms with Crippen LogP contribution in [0.1, 0.15) is 203 Å². The molecule has 2 aliphatic carbocycles. The summed E-state index contributed by atoms with van der Waals surface area (Å²) in [5, 5.41) is 0. The number of alkyl halides is 1. The summed E-state index contributed by atoms with van der Waals surface area (Å²) in [6.07, 6.45) is 8.50. The van der Waals surface area contributed by atoms with Crippen LogP contribution in [0.3, 0.4) is 0 Å². The maximum absolute atomic E-state index is 11.7. The lowest BCUT2D eigenvalue weighted by Gasteiger charge is -2.18. The van der Waals surface area contributed by atoms with Crippen molar-refractivity contribution in [2.24, 2.45) is 11.8 Å². The molecular formula is C49H93FO16. The lowest BCUT2D eigenvalue weighted by Crippen LogP contribution is -2.23. The van der Waals surface area contributed by atoms with Crippen molar-refractivity contribution in [3.8, 4) is 0 Å². The van der Waals surface area contributed by atoms with Gasteiger partial charge in [-0.15, -0.1) is 0 Å². The van der Waals surface area contributed by atoms with Crippen LogP contribution in [0.4, 0.5) is 4.39 Å². The van der Waals surface area contributed by atoms with Crippen molar-refractivity contribution in [3.63, 3.8) is 0 Å². The van der Waals surface area contributed by atoms with Gasteiger partial charge in [0.05, 0.1) is 24.9 Å². The fourth-order valence-electron chi connectivity index (χ4n) is 3.66. The van der Waals surface area contributed by atoms with Crippen LogP contribution in [0, 0.1) is 11.8 Å². The highest BCUT2D eigenvalue weighted by molar-refractivity contribution is 5.69. The molecule has 0 N–H and O–H groups in total. The number of esters is 8. The van der Waals surface area contributed by atoms with Gasteiger partial charge in [0.15, 0.2) is 0 Å². The number of halogens is 1. The van der Waals surface area contributed by atoms with Crippen LogP contribution < -0.4 is 0 Å². The summed E-state index contributed by atoms with van der Waals surface area (Å²) in [4.78, 5) is 81.9. The molecule has 66 heavy (non-hydrogen) atoms. The summed E-state index contributed by atoms with van der Waals surface area (Å²) in [5.41, 5.74) is -0.326. The molecule has 0 amide bonds. The standard InChI is InChI=1S/3C7H14O2.C6H11FO2.C6H10O2.C6H12O2.C5H8O2.C5H10O2/c1-5-6(8)9-7(2,3)4;1-5(2)6(3)9-7(4)8;1-4-5-6(2)9-7(3)8;1-3-6(4-7)9-5(2)8;1-5(7)8-4-6-2-3-6;1-4-5(2)8-6(3)7;1-4(6)7-5-2-3-5;1-4(2)7-5(3)6/h5H2,1-4H3;5-6H,1-4H3;6H,4-5H2,1-3H3;6H,3-4H2,1-2H3;6H,2-4H2,1H3;5H,4H2,1-3H3;5H,2-3H2,1H3;4H,1-3H3. The molecule has 2 aliphatic rings. The summed E-state index contributed by atoms with van der Waals surface area (Å²) < 4.78 is 49.8. The van der Waals surface area contributed by atoms with Crippen LogP contribution in [-0.4, -0.2) is 103 Å². The van der Waals surface area contributed by atoms with Gasteiger partial charge in [-0.2, -0.15) is 0 Å². The molecule has 17 heteroatoms. The van der Waals surface area contributed by atoms with E-state index in [1.807, 2.05) is 76.2 Å². The SMILES string of the molecule is CC(=O)OC(C)C.CC(=O)OC(C)C(C)C.CC(=O)OC1CC1.CC(=O)OCC1CC1.CCC(=O)OC(C)(C)C.CCC(C)OC(C)=O.CCC(CF)OC(C)=O.CCCC(C)OC(C)=O. The minimum absolute atomic E-state index is 0.0255. The van der Waals surface area contributed by atoms with Gasteiger partial charge < -0.3 is 37.9 Å². The van der Waals surface area contributed by atoms with Gasteiger partial charge >= 0.3 is 47.8 Å². The van der Waals surface area contributed by atoms with Crippen molar-refractivity contribution >= 4 is 47.8 Å². The van der Waals surface area contributed by atoms with Crippen molar-refractivity contribution in [2.75, 3.05) is 13.3 Å². The van der Waals surface area contributed by atoms with E-state index in [2.05, 4.69) is 16.4 Å². The second-order valence-corrected chi connectivity index (χ2v) is 17.0. The highest BCUT2D eigenvalue weighted by Crippen LogP contribution is 2.28. The van der Waals surface area contributed by atoms with Gasteiger partial charge in [-0.05, 0) is 112 Å². The van der Waals surface area contributed by atoms with Crippen molar-refractivity contribution < 1.29 is 80.6 Å². The van der Waals surface area contributed by atoms with Crippen LogP contribution in [0.15, 0.2) is 0 Å². The molecule has 0 aromatic rings. The Kier molecular flexibility index (Phi) is 50.9. The normalized spacial score (nSPS) is 13.6. The summed E-state index contributed by atoms with van der Waals surface area (Å²) >= 11 is 0. The van der Waals surface area contributed by atoms with E-state index in [9.17, 15) is 42.7 Å². The fraction of sp³-hybridized carbons (Fsp3) is 0.837. The van der Waals surface area contributed by atoms with Crippen molar-refractivity contribution in [3.05, 3.63) is 0 Å². The highest BCUT2D eigenvalue weighted by atomic mass is 19.1. The molecule has 0 bridgehead atoms. The van der Waals surface area contributed by atoms with Crippen LogP contribution >= 0.6 is 0 Å². The van der Waals surface area contributed by atoms with Crippen LogP contribution in [-0.2, 0) is 76.3 Å². The van der Waals surface area contributed by atoms with E-state index >= 15 is 0 Å². The van der Waals surface area contributed by atoms with Gasteiger partial charge in [-0.25, -0.2) is 4.39 Å². The average molecular weight is 957 g/mol. The molecular weight excluding hydrogens is 864 g/mol. The fourth-order valence-corrected chi connectivity index (χ4v) is 3.66. The molecule has 0 aliphatic heterocycles. The number of hydrogen-bond donors (Lipinski definition) is 0. The van der Waals surface area contributed by atoms with Crippen LogP contribution in [0.2, 0.25) is 0 Å². The van der Waals surface area contributed by atoms with E-state index in [4.69, 9.17) is 28.4 Å². The molecule has 0 aromatic heterocycles. The van der Waals surface area contributed by atoms with E-state index in [1.54, 1.807) is 13.8 Å². The lowest BCUT2D eigenvalue weighted by atomic mass is 10.1. The predicted molar refractivity (Wildman–Crippen MR) is 253 cm³/mol. The predicted octanol–water partition coefficient (Wildman–Crippen LogP) is 10.3. The molecule has 392 valence electrons. The third-order valence-corrected chi connectivity index (χ3v) is 7.44. The number of ether oxygens (including phenoxy) is 8. The first-order chi connectivity index (χ1) is 30.2. The maximum Gasteiger partial charge on any atom is 0.306 e. The largest absolute Gasteiger partial charge is 0.466 e. The number of rotatable bonds is 15. The molecule has 0 radical (unpaired) electrons. The zero-order valence-corrected chi connectivity index (χ0v) is 44.8. The Morgan fingerprint density at radius 1 is 0.561 bits per heavy atom. The monoisotopic (exact) mass is 957 g/mol. The molecule has 2 saturated carbocycles. The minimum atomic E-state index is -0.587. The van der Waals surface area contributed by atoms with E-state index in [-0.39, 0.29) is 77.9 Å². The zero-order chi connectivity index (χ0) is 53.2. The van der Waals surface area contributed by atoms with Crippen molar-refractivity contribution in [2.45, 2.75) is 245 Å². The Hall–Kier alpha value is -4.31. The molecule has 0 heterocycles. The topological polar surface area (TPSA) is 210 Å². The lowest BCUT2D eigenvalue weighted by molar-refractivity contribution is -0.154. The Bertz CT molecular complexity index is 1250. The average Bonchev–Trinajstić information content (AvgIpc) is 4.10. The molecule has 2 rings (SSSR count). The summed E-state index contributed by atoms with van der Waals surface area (Å²) in [6.45, 7) is 36.5. The summed E-state index contributed by atoms with van der Waals surface area (Å²) in [6, 6.07) is 0. The smallest absolute Gasteiger partial charge is 0.306 e. The maximum atomic E-state index is 11.7. The van der Waals surface area contributed by atoms with E-state index in [0.717, 1.165) is 32.1 Å². The Balaban J connectivity index is -0.000000156. The molecule has 4 atom stereocenters. The minimum Gasteiger partial charge on any atom is -0.466 e. The summed E-state index contributed by atoms with van der Waals surface area (Å²) in [7, 11) is 0. The first kappa shape index (κ1) is 73.3. The Morgan fingerprint density at radius 3 is 1.17 bits per heavy atom. The summed E-state index contributed by atoms with van der Waals surface area (Å²) in [5.74, 6) is -0.546. The van der Waals surface area contributed by atoms with Crippen LogP contribution in [0.25, 0.3) is 0 Å². The van der Waals surface area contributed by atoms with Crippen molar-refractivity contribution in [1.29, 1.82) is 0 Å². The van der Waals surface area contributed by atoms with Gasteiger partial charge in [-0.1, -0.05) is 48.0 Å². The first-order valence-electron chi connectivity index (χ1n) is 23.2. The van der Waals surface area contributed by atoms with E-state index < -0.39 is 18.7 Å². The second kappa shape index (κ2) is 45.8. The van der Waals surface area contributed by atoms with Crippen LogP contribution in [0.5, 0.6) is 0 Å². The number of hydrogen-bond acceptors (Lipinski definition) is 16. The van der Waals surface area contributed by atoms with Gasteiger partial charge in [0, 0.05) is 54.9 Å². The Labute approximate surface area is 398 Å². The van der Waals surface area contributed by atoms with Gasteiger partial charge in [0.25, 0.3) is 0 Å². The number of carbonyl (C=O) groups excluding carboxylic acids is 8. The molecule has 16 nitrogen and oxygen atoms in total. The molecule has 0 saturated heterocycles. The van der Waals surface area contributed by atoms with E-state index in [0.29, 0.717) is 31.3 Å². The first-order valence-corrected chi connectivity index (χ1v) is 23.2. The van der Waals surface area contributed by atoms with Gasteiger partial charge in [-0.3, -0.25) is 38.4 Å². The second-order valence-electron chi connectivity index (χ2n) is 17.0. The zero-order valence-electron chi connectivity index (χ0n) is 44.8. The van der Waals surface area contributed by atoms with Gasteiger partial charge in [0.2, 0.25) is 0 Å². The molecule has 0 spiro atoms. The third kappa shape index (κ3) is 80.0. The molecule has 0 aromatic carbocycles. The number of carbonyl (C=O) groups is 8. The van der Waals surface area contributed by atoms with Gasteiger partial charge in [0.1, 0.15) is 30.6 Å².